The van der Waals surface area contributed by atoms with Crippen molar-refractivity contribution in [3.8, 4) is 0 Å². The smallest absolute Gasteiger partial charge is 0.791 e. The van der Waals surface area contributed by atoms with Crippen LogP contribution < -0.4 is 65.0 Å². The van der Waals surface area contributed by atoms with Crippen molar-refractivity contribution in [1.82, 2.24) is 0 Å². The average molecular weight is 980 g/mol. The van der Waals surface area contributed by atoms with Crippen LogP contribution in [0.4, 0.5) is 0 Å². The number of carboxylic acid groups (broad SMARTS) is 6. The maximum absolute atomic E-state index is 9.63. The van der Waals surface area contributed by atoms with Gasteiger partial charge in [0.1, 0.15) is 0 Å². The number of hydrogen-bond donors (Lipinski definition) is 6. The first-order valence-corrected chi connectivity index (χ1v) is 13.8. The molecule has 0 bridgehead atoms. The molecule has 0 aliphatic carbocycles. The van der Waals surface area contributed by atoms with Gasteiger partial charge in [-0.1, -0.05) is 0 Å². The van der Waals surface area contributed by atoms with E-state index >= 15 is 0 Å². The van der Waals surface area contributed by atoms with Crippen molar-refractivity contribution >= 4 is 112 Å². The molecule has 0 saturated heterocycles. The number of carbonyl (C=O) groups is 6. The molecule has 0 radical (unpaired) electrons. The van der Waals surface area contributed by atoms with E-state index in [0.29, 0.717) is 0 Å². The van der Waals surface area contributed by atoms with Gasteiger partial charge in [-0.3, -0.25) is 0 Å². The Morgan fingerprint density at radius 1 is 0.356 bits per heavy atom. The molecule has 0 aliphatic rings. The van der Waals surface area contributed by atoms with Crippen molar-refractivity contribution < 1.29 is 115 Å². The van der Waals surface area contributed by atoms with Gasteiger partial charge in [0.15, 0.2) is 0 Å². The normalized spacial score (nSPS) is 12.5. The number of rotatable bonds is 12. The summed E-state index contributed by atoms with van der Waals surface area (Å²) in [6, 6.07) is -5.86. The summed E-state index contributed by atoms with van der Waals surface area (Å²) in [5.41, 5.74) is 29.1. The zero-order valence-electron chi connectivity index (χ0n) is 22.5. The molecule has 27 heteroatoms. The van der Waals surface area contributed by atoms with Crippen LogP contribution in [0.1, 0.15) is 0 Å². The van der Waals surface area contributed by atoms with Crippen LogP contribution >= 0.6 is 0 Å². The van der Waals surface area contributed by atoms with Crippen LogP contribution in [0.15, 0.2) is 0 Å². The van der Waals surface area contributed by atoms with Crippen LogP contribution in [0.25, 0.3) is 0 Å². The zero-order chi connectivity index (χ0) is 35.2. The largest absolute Gasteiger partial charge is 3.00 e. The van der Waals surface area contributed by atoms with Crippen LogP contribution in [-0.2, 0) is 160 Å². The Hall–Kier alpha value is 0.433. The predicted molar refractivity (Wildman–Crippen MR) is 151 cm³/mol. The molecule has 0 spiro atoms. The summed E-state index contributed by atoms with van der Waals surface area (Å²) in [4.78, 5) is 57.8. The Balaban J connectivity index is -0.0000000487. The van der Waals surface area contributed by atoms with Crippen molar-refractivity contribution in [3.63, 3.8) is 0 Å². The quantitative estimate of drug-likeness (QED) is 0.0781. The molecule has 0 aromatic heterocycles. The third-order valence-electron chi connectivity index (χ3n) is 2.89. The second-order valence-corrected chi connectivity index (χ2v) is 8.55. The first kappa shape index (κ1) is 67.6. The van der Waals surface area contributed by atoms with E-state index < -0.39 is 72.1 Å². The third-order valence-corrected chi connectivity index (χ3v) is 5.05. The number of aliphatic carboxylic acids is 6. The van der Waals surface area contributed by atoms with Gasteiger partial charge < -0.3 is 170 Å². The first-order chi connectivity index (χ1) is 19.1. The summed E-state index contributed by atoms with van der Waals surface area (Å²) in [6.45, 7) is 0. The van der Waals surface area contributed by atoms with Gasteiger partial charge in [0.25, 0.3) is 0 Å². The van der Waals surface area contributed by atoms with E-state index in [0.717, 1.165) is 0 Å². The molecule has 0 aromatic carbocycles. The Morgan fingerprint density at radius 3 is 0.422 bits per heavy atom. The van der Waals surface area contributed by atoms with Gasteiger partial charge in [0.2, 0.25) is 0 Å². The van der Waals surface area contributed by atoms with Crippen molar-refractivity contribution in [2.45, 2.75) is 36.3 Å². The molecule has 0 amide bonds. The topological polar surface area (TPSA) is 397 Å². The second kappa shape index (κ2) is 46.6. The molecule has 0 heterocycles. The minimum Gasteiger partial charge on any atom is -0.791 e. The molecule has 0 fully saturated rings. The van der Waals surface area contributed by atoms with Crippen LogP contribution in [0.3, 0.4) is 0 Å². The van der Waals surface area contributed by atoms with Gasteiger partial charge >= 0.3 is 55.7 Å². The maximum atomic E-state index is 9.63. The Kier molecular flexibility index (Phi) is 69.9. The van der Waals surface area contributed by atoms with Crippen molar-refractivity contribution in [2.24, 2.45) is 34.4 Å². The van der Waals surface area contributed by atoms with Gasteiger partial charge in [0, 0.05) is 36.3 Å². The van der Waals surface area contributed by atoms with Gasteiger partial charge in [-0.2, -0.15) is 34.5 Å². The molecule has 0 aliphatic heterocycles. The number of carbonyl (C=O) groups excluding carboxylic acids is 6. The fourth-order valence-corrected chi connectivity index (χ4v) is 1.22. The number of nitrogens with two attached hydrogens (primary N) is 6. The van der Waals surface area contributed by atoms with Gasteiger partial charge in [-0.15, -0.1) is 0 Å². The molecular formula is C18H30CoN6O12Rh2S6-3. The predicted octanol–water partition coefficient (Wildman–Crippen LogP) is -14.3. The van der Waals surface area contributed by atoms with E-state index in [1.807, 2.05) is 0 Å². The monoisotopic (exact) mass is 979 g/mol. The van der Waals surface area contributed by atoms with E-state index in [1.165, 1.54) is 0 Å². The summed E-state index contributed by atoms with van der Waals surface area (Å²) >= 11 is 25.8. The van der Waals surface area contributed by atoms with Crippen LogP contribution in [0.2, 0.25) is 0 Å². The minimum absolute atomic E-state index is 0. The molecule has 0 aromatic rings. The van der Waals surface area contributed by atoms with E-state index in [4.69, 9.17) is 34.4 Å². The Morgan fingerprint density at radius 2 is 0.422 bits per heavy atom. The van der Waals surface area contributed by atoms with Crippen molar-refractivity contribution in [1.29, 1.82) is 0 Å². The molecule has 12 N–H and O–H groups in total. The van der Waals surface area contributed by atoms with E-state index in [1.54, 1.807) is 0 Å². The standard InChI is InChI=1S/6C3H7NO2S.Co.2Rh/c6*4-2(1-7)3(5)6;;;/h6*2,7H,1,4H2,(H,5,6);;;/q;;;;;;3*+3/p-12/t6*2-;;;/m000000.../s1. The molecule has 6 atom stereocenters. The molecular weight excluding hydrogens is 949 g/mol. The summed E-state index contributed by atoms with van der Waals surface area (Å²) < 4.78 is 0. The SMILES string of the molecule is N[C@@H](C[S-])C(=O)[O-].N[C@@H](C[S-])C(=O)[O-].N[C@@H](C[S-])C(=O)[O-].N[C@@H](C[S-])C(=O)[O-].N[C@@H](C[S-])C(=O)[O-].N[C@@H](C[S-])C(=O)[O-].[Co+3].[Rh+3].[Rh+3]. The molecule has 45 heavy (non-hydrogen) atoms. The molecule has 270 valence electrons. The molecule has 18 nitrogen and oxygen atoms in total. The second-order valence-electron chi connectivity index (χ2n) is 6.55. The summed E-state index contributed by atoms with van der Waals surface area (Å²) in [5, 5.41) is 57.8. The van der Waals surface area contributed by atoms with E-state index in [-0.39, 0.29) is 90.3 Å². The molecule has 0 rings (SSSR count). The van der Waals surface area contributed by atoms with Gasteiger partial charge in [-0.25, -0.2) is 0 Å². The first-order valence-electron chi connectivity index (χ1n) is 10.4. The third kappa shape index (κ3) is 60.3. The van der Waals surface area contributed by atoms with Gasteiger partial charge in [0.05, 0.1) is 35.8 Å². The fourth-order valence-electron chi connectivity index (χ4n) is 0.408. The summed E-state index contributed by atoms with van der Waals surface area (Å²) in [5.74, 6) is -7.60. The Labute approximate surface area is 329 Å². The van der Waals surface area contributed by atoms with Crippen LogP contribution in [-0.4, -0.2) is 107 Å². The van der Waals surface area contributed by atoms with E-state index in [9.17, 15) is 59.4 Å². The molecule has 0 unspecified atom stereocenters. The summed E-state index contributed by atoms with van der Waals surface area (Å²) in [6.07, 6.45) is 0. The summed E-state index contributed by atoms with van der Waals surface area (Å²) in [7, 11) is 0. The number of carboxylic acids is 6. The van der Waals surface area contributed by atoms with Gasteiger partial charge in [-0.05, 0) is 0 Å². The zero-order valence-corrected chi connectivity index (χ0v) is 31.7. The number of hydrogen-bond acceptors (Lipinski definition) is 24. The van der Waals surface area contributed by atoms with Crippen LogP contribution in [0.5, 0.6) is 0 Å². The minimum atomic E-state index is -1.28. The fraction of sp³-hybridized carbons (Fsp3) is 0.667. The van der Waals surface area contributed by atoms with Crippen molar-refractivity contribution in [2.75, 3.05) is 34.5 Å². The molecule has 0 saturated carbocycles. The van der Waals surface area contributed by atoms with Crippen molar-refractivity contribution in [3.05, 3.63) is 0 Å². The average Bonchev–Trinajstić information content (AvgIpc) is 2.95. The maximum Gasteiger partial charge on any atom is 3.00 e. The van der Waals surface area contributed by atoms with E-state index in [2.05, 4.69) is 75.8 Å². The van der Waals surface area contributed by atoms with Crippen LogP contribution in [0, 0.1) is 0 Å². The Bertz CT molecular complexity index is 626.